The molecule has 2 rings (SSSR count). The first-order valence-corrected chi connectivity index (χ1v) is 5.09. The third-order valence-corrected chi connectivity index (χ3v) is 2.50. The van der Waals surface area contributed by atoms with Crippen LogP contribution >= 0.6 is 0 Å². The Morgan fingerprint density at radius 3 is 2.88 bits per heavy atom. The summed E-state index contributed by atoms with van der Waals surface area (Å²) in [6, 6.07) is 1.93. The van der Waals surface area contributed by atoms with Crippen LogP contribution in [0.25, 0.3) is 0 Å². The van der Waals surface area contributed by atoms with Gasteiger partial charge in [0.05, 0.1) is 18.4 Å². The van der Waals surface area contributed by atoms with Crippen LogP contribution in [0.1, 0.15) is 11.4 Å². The lowest BCUT2D eigenvalue weighted by molar-refractivity contribution is 0.811. The molecule has 5 heteroatoms. The molecule has 0 atom stereocenters. The van der Waals surface area contributed by atoms with Crippen molar-refractivity contribution in [3.63, 3.8) is 0 Å². The Morgan fingerprint density at radius 2 is 2.25 bits per heavy atom. The van der Waals surface area contributed by atoms with Gasteiger partial charge in [-0.2, -0.15) is 0 Å². The number of nitrogens with two attached hydrogens (primary N) is 1. The van der Waals surface area contributed by atoms with E-state index in [0.29, 0.717) is 12.2 Å². The quantitative estimate of drug-likeness (QED) is 0.813. The van der Waals surface area contributed by atoms with Crippen LogP contribution in [-0.4, -0.2) is 14.5 Å². The number of imidazole rings is 1. The number of rotatable bonds is 3. The van der Waals surface area contributed by atoms with Crippen molar-refractivity contribution >= 4 is 11.5 Å². The van der Waals surface area contributed by atoms with Crippen molar-refractivity contribution in [3.05, 3.63) is 36.0 Å². The molecule has 0 saturated carbocycles. The fourth-order valence-corrected chi connectivity index (χ4v) is 1.40. The minimum absolute atomic E-state index is 0.653. The summed E-state index contributed by atoms with van der Waals surface area (Å²) >= 11 is 0. The largest absolute Gasteiger partial charge is 0.397 e. The van der Waals surface area contributed by atoms with Gasteiger partial charge in [0.15, 0.2) is 0 Å². The number of aromatic nitrogens is 3. The highest BCUT2D eigenvalue weighted by molar-refractivity contribution is 5.50. The van der Waals surface area contributed by atoms with Gasteiger partial charge < -0.3 is 15.6 Å². The maximum atomic E-state index is 5.70. The molecule has 0 spiro atoms. The maximum Gasteiger partial charge on any atom is 0.127 e. The van der Waals surface area contributed by atoms with Crippen molar-refractivity contribution < 1.29 is 0 Å². The molecule has 2 aromatic rings. The van der Waals surface area contributed by atoms with Gasteiger partial charge in [0, 0.05) is 19.4 Å². The zero-order chi connectivity index (χ0) is 11.5. The van der Waals surface area contributed by atoms with Crippen molar-refractivity contribution in [1.82, 2.24) is 14.5 Å². The Balaban J connectivity index is 2.05. The smallest absolute Gasteiger partial charge is 0.127 e. The van der Waals surface area contributed by atoms with E-state index in [1.165, 1.54) is 0 Å². The van der Waals surface area contributed by atoms with Crippen molar-refractivity contribution in [3.8, 4) is 0 Å². The summed E-state index contributed by atoms with van der Waals surface area (Å²) < 4.78 is 1.97. The van der Waals surface area contributed by atoms with Gasteiger partial charge in [0.2, 0.25) is 0 Å². The van der Waals surface area contributed by atoms with Gasteiger partial charge in [-0.25, -0.2) is 9.97 Å². The Bertz CT molecular complexity index is 489. The topological polar surface area (TPSA) is 68.8 Å². The van der Waals surface area contributed by atoms with Crippen LogP contribution in [0.4, 0.5) is 11.5 Å². The molecular formula is C11H15N5. The molecule has 0 amide bonds. The Morgan fingerprint density at radius 1 is 1.44 bits per heavy atom. The second-order valence-corrected chi connectivity index (χ2v) is 3.73. The van der Waals surface area contributed by atoms with Gasteiger partial charge in [-0.1, -0.05) is 0 Å². The minimum atomic E-state index is 0.653. The highest BCUT2D eigenvalue weighted by Crippen LogP contribution is 2.13. The SMILES string of the molecule is Cc1cc(NCc2nccn2C)ncc1N. The molecule has 84 valence electrons. The third kappa shape index (κ3) is 2.13. The monoisotopic (exact) mass is 217 g/mol. The van der Waals surface area contributed by atoms with E-state index >= 15 is 0 Å². The normalized spacial score (nSPS) is 10.4. The van der Waals surface area contributed by atoms with E-state index in [4.69, 9.17) is 5.73 Å². The van der Waals surface area contributed by atoms with Crippen LogP contribution in [0.3, 0.4) is 0 Å². The number of aryl methyl sites for hydroxylation is 2. The van der Waals surface area contributed by atoms with E-state index in [0.717, 1.165) is 17.2 Å². The summed E-state index contributed by atoms with van der Waals surface area (Å²) in [5.41, 5.74) is 7.43. The van der Waals surface area contributed by atoms with Crippen molar-refractivity contribution in [2.45, 2.75) is 13.5 Å². The van der Waals surface area contributed by atoms with E-state index < -0.39 is 0 Å². The summed E-state index contributed by atoms with van der Waals surface area (Å²) in [6.07, 6.45) is 5.35. The number of hydrogen-bond donors (Lipinski definition) is 2. The molecule has 5 nitrogen and oxygen atoms in total. The van der Waals surface area contributed by atoms with Crippen molar-refractivity contribution in [2.24, 2.45) is 7.05 Å². The molecule has 0 aliphatic heterocycles. The lowest BCUT2D eigenvalue weighted by Crippen LogP contribution is -2.07. The fraction of sp³-hybridized carbons (Fsp3) is 0.273. The second-order valence-electron chi connectivity index (χ2n) is 3.73. The van der Waals surface area contributed by atoms with Gasteiger partial charge in [0.25, 0.3) is 0 Å². The zero-order valence-electron chi connectivity index (χ0n) is 9.44. The molecule has 0 aliphatic rings. The fourth-order valence-electron chi connectivity index (χ4n) is 1.40. The van der Waals surface area contributed by atoms with Crippen molar-refractivity contribution in [1.29, 1.82) is 0 Å². The standard InChI is InChI=1S/C11H15N5/c1-8-5-10(14-6-9(8)12)15-7-11-13-3-4-16(11)2/h3-6H,7,12H2,1-2H3,(H,14,15). The Hall–Kier alpha value is -2.04. The number of pyridine rings is 1. The van der Waals surface area contributed by atoms with Gasteiger partial charge >= 0.3 is 0 Å². The zero-order valence-corrected chi connectivity index (χ0v) is 9.44. The molecule has 0 radical (unpaired) electrons. The highest BCUT2D eigenvalue weighted by Gasteiger charge is 2.01. The average molecular weight is 217 g/mol. The molecule has 0 bridgehead atoms. The maximum absolute atomic E-state index is 5.70. The van der Waals surface area contributed by atoms with E-state index in [1.54, 1.807) is 12.4 Å². The van der Waals surface area contributed by atoms with Crippen LogP contribution in [0.5, 0.6) is 0 Å². The third-order valence-electron chi connectivity index (χ3n) is 2.50. The molecule has 2 aromatic heterocycles. The average Bonchev–Trinajstić information content (AvgIpc) is 2.66. The highest BCUT2D eigenvalue weighted by atomic mass is 15.1. The van der Waals surface area contributed by atoms with Crippen LogP contribution < -0.4 is 11.1 Å². The number of anilines is 2. The summed E-state index contributed by atoms with van der Waals surface area (Å²) in [6.45, 7) is 2.61. The molecule has 0 aliphatic carbocycles. The predicted octanol–water partition coefficient (Wildman–Crippen LogP) is 1.32. The number of nitrogens with zero attached hydrogens (tertiary/aromatic N) is 3. The van der Waals surface area contributed by atoms with Crippen molar-refractivity contribution in [2.75, 3.05) is 11.1 Å². The molecule has 16 heavy (non-hydrogen) atoms. The number of nitrogen functional groups attached to an aromatic ring is 1. The lowest BCUT2D eigenvalue weighted by Gasteiger charge is -2.07. The van der Waals surface area contributed by atoms with Gasteiger partial charge in [-0.3, -0.25) is 0 Å². The number of nitrogens with one attached hydrogen (secondary N) is 1. The molecule has 0 aromatic carbocycles. The van der Waals surface area contributed by atoms with E-state index in [1.807, 2.05) is 30.8 Å². The predicted molar refractivity (Wildman–Crippen MR) is 63.9 cm³/mol. The molecular weight excluding hydrogens is 202 g/mol. The Kier molecular flexibility index (Phi) is 2.76. The summed E-state index contributed by atoms with van der Waals surface area (Å²) in [5, 5.41) is 3.21. The molecule has 0 fully saturated rings. The number of hydrogen-bond acceptors (Lipinski definition) is 4. The van der Waals surface area contributed by atoms with Gasteiger partial charge in [0.1, 0.15) is 11.6 Å². The first-order chi connectivity index (χ1) is 7.66. The second kappa shape index (κ2) is 4.22. The van der Waals surface area contributed by atoms with Crippen LogP contribution in [0, 0.1) is 6.92 Å². The first-order valence-electron chi connectivity index (χ1n) is 5.09. The van der Waals surface area contributed by atoms with Crippen LogP contribution in [0.15, 0.2) is 24.7 Å². The van der Waals surface area contributed by atoms with E-state index in [2.05, 4.69) is 15.3 Å². The van der Waals surface area contributed by atoms with Gasteiger partial charge in [-0.05, 0) is 18.6 Å². The first kappa shape index (κ1) is 10.5. The van der Waals surface area contributed by atoms with E-state index in [9.17, 15) is 0 Å². The van der Waals surface area contributed by atoms with Gasteiger partial charge in [-0.15, -0.1) is 0 Å². The summed E-state index contributed by atoms with van der Waals surface area (Å²) in [4.78, 5) is 8.41. The minimum Gasteiger partial charge on any atom is -0.397 e. The Labute approximate surface area is 94.3 Å². The molecule has 2 heterocycles. The molecule has 3 N–H and O–H groups in total. The van der Waals surface area contributed by atoms with E-state index in [-0.39, 0.29) is 0 Å². The summed E-state index contributed by atoms with van der Waals surface area (Å²) in [5.74, 6) is 1.78. The van der Waals surface area contributed by atoms with Crippen LogP contribution in [-0.2, 0) is 13.6 Å². The molecule has 0 unspecified atom stereocenters. The van der Waals surface area contributed by atoms with Crippen LogP contribution in [0.2, 0.25) is 0 Å². The lowest BCUT2D eigenvalue weighted by atomic mass is 10.2. The summed E-state index contributed by atoms with van der Waals surface area (Å²) in [7, 11) is 1.96. The molecule has 0 saturated heterocycles.